The van der Waals surface area contributed by atoms with Crippen LogP contribution < -0.4 is 10.6 Å². The maximum Gasteiger partial charge on any atom is 0.191 e. The van der Waals surface area contributed by atoms with Gasteiger partial charge in [-0.15, -0.1) is 24.0 Å². The Kier molecular flexibility index (Phi) is 11.2. The van der Waals surface area contributed by atoms with Crippen molar-refractivity contribution < 1.29 is 8.42 Å². The summed E-state index contributed by atoms with van der Waals surface area (Å²) in [5.74, 6) is 0.771. The molecule has 1 fully saturated rings. The van der Waals surface area contributed by atoms with Gasteiger partial charge in [-0.1, -0.05) is 25.0 Å². The van der Waals surface area contributed by atoms with Crippen LogP contribution in [0.1, 0.15) is 37.7 Å². The summed E-state index contributed by atoms with van der Waals surface area (Å²) < 4.78 is 23.0. The molecule has 2 N–H and O–H groups in total. The number of halogens is 1. The third kappa shape index (κ3) is 9.25. The molecule has 0 unspecified atom stereocenters. The summed E-state index contributed by atoms with van der Waals surface area (Å²) in [5.41, 5.74) is 1.02. The Balaban J connectivity index is 0.00000364. The molecule has 0 bridgehead atoms. The van der Waals surface area contributed by atoms with E-state index in [-0.39, 0.29) is 24.0 Å². The van der Waals surface area contributed by atoms with Crippen LogP contribution in [0.5, 0.6) is 0 Å². The summed E-state index contributed by atoms with van der Waals surface area (Å²) in [6, 6.07) is 6.94. The van der Waals surface area contributed by atoms with Gasteiger partial charge in [-0.25, -0.2) is 8.42 Å². The third-order valence-corrected chi connectivity index (χ3v) is 5.81. The normalized spacial score (nSPS) is 16.3. The molecule has 154 valence electrons. The van der Waals surface area contributed by atoms with Gasteiger partial charge in [0.05, 0.1) is 4.90 Å². The molecule has 27 heavy (non-hydrogen) atoms. The number of nitrogens with one attached hydrogen (secondary N) is 2. The Bertz CT molecular complexity index is 669. The van der Waals surface area contributed by atoms with Gasteiger partial charge in [0.1, 0.15) is 0 Å². The van der Waals surface area contributed by atoms with Crippen molar-refractivity contribution in [3.8, 4) is 0 Å². The molecule has 0 aliphatic carbocycles. The molecule has 1 aromatic rings. The first-order valence-corrected chi connectivity index (χ1v) is 11.3. The number of hydrogen-bond acceptors (Lipinski definition) is 4. The van der Waals surface area contributed by atoms with Gasteiger partial charge in [0.15, 0.2) is 15.8 Å². The van der Waals surface area contributed by atoms with Crippen LogP contribution in [0.3, 0.4) is 0 Å². The van der Waals surface area contributed by atoms with Crippen LogP contribution in [-0.4, -0.2) is 58.8 Å². The zero-order valence-corrected chi connectivity index (χ0v) is 19.6. The summed E-state index contributed by atoms with van der Waals surface area (Å²) in [5, 5.41) is 6.62. The molecule has 8 heteroatoms. The number of likely N-dealkylation sites (tertiary alicyclic amines) is 1. The Hall–Kier alpha value is -0.870. The molecular formula is C19H33IN4O2S. The fourth-order valence-corrected chi connectivity index (χ4v) is 3.76. The van der Waals surface area contributed by atoms with Crippen molar-refractivity contribution in [2.75, 3.05) is 39.5 Å². The maximum atomic E-state index is 11.5. The van der Waals surface area contributed by atoms with Gasteiger partial charge in [-0.05, 0) is 56.6 Å². The van der Waals surface area contributed by atoms with Gasteiger partial charge in [0.2, 0.25) is 0 Å². The number of guanidine groups is 1. The Morgan fingerprint density at radius 3 is 2.26 bits per heavy atom. The van der Waals surface area contributed by atoms with E-state index in [4.69, 9.17) is 0 Å². The second kappa shape index (κ2) is 12.6. The topological polar surface area (TPSA) is 73.8 Å². The molecule has 0 aromatic heterocycles. The quantitative estimate of drug-likeness (QED) is 0.257. The minimum atomic E-state index is -3.14. The predicted octanol–water partition coefficient (Wildman–Crippen LogP) is 2.64. The Morgan fingerprint density at radius 2 is 1.70 bits per heavy atom. The first-order valence-electron chi connectivity index (χ1n) is 9.45. The molecule has 0 spiro atoms. The molecule has 1 saturated heterocycles. The summed E-state index contributed by atoms with van der Waals surface area (Å²) in [4.78, 5) is 7.15. The number of aliphatic imine (C=N–C) groups is 1. The zero-order valence-electron chi connectivity index (χ0n) is 16.4. The number of hydrogen-bond donors (Lipinski definition) is 2. The van der Waals surface area contributed by atoms with Crippen LogP contribution in [0, 0.1) is 0 Å². The van der Waals surface area contributed by atoms with Crippen molar-refractivity contribution >= 4 is 39.8 Å². The van der Waals surface area contributed by atoms with Crippen LogP contribution in [0.25, 0.3) is 0 Å². The summed E-state index contributed by atoms with van der Waals surface area (Å²) in [6.45, 7) is 5.10. The van der Waals surface area contributed by atoms with Crippen LogP contribution in [-0.2, 0) is 16.4 Å². The highest BCUT2D eigenvalue weighted by molar-refractivity contribution is 14.0. The van der Waals surface area contributed by atoms with E-state index in [9.17, 15) is 8.42 Å². The summed E-state index contributed by atoms with van der Waals surface area (Å²) in [6.07, 6.45) is 7.72. The minimum absolute atomic E-state index is 0. The highest BCUT2D eigenvalue weighted by Gasteiger charge is 2.08. The molecule has 1 aromatic carbocycles. The Morgan fingerprint density at radius 1 is 1.07 bits per heavy atom. The standard InChI is InChI=1S/C19H32N4O2S.HI/c1-20-19(21-12-7-15-23-13-5-3-4-6-14-23)22-16-17-8-10-18(11-9-17)26(2,24)25;/h8-11H,3-7,12-16H2,1-2H3,(H2,20,21,22);1H. The van der Waals surface area contributed by atoms with Crippen LogP contribution in [0.4, 0.5) is 0 Å². The molecular weight excluding hydrogens is 475 g/mol. The van der Waals surface area contributed by atoms with E-state index in [1.807, 2.05) is 12.1 Å². The van der Waals surface area contributed by atoms with Crippen molar-refractivity contribution in [3.05, 3.63) is 29.8 Å². The van der Waals surface area contributed by atoms with Gasteiger partial charge in [-0.3, -0.25) is 4.99 Å². The number of benzene rings is 1. The molecule has 1 heterocycles. The molecule has 2 rings (SSSR count). The molecule has 1 aliphatic heterocycles. The van der Waals surface area contributed by atoms with E-state index in [0.29, 0.717) is 11.4 Å². The average Bonchev–Trinajstić information content (AvgIpc) is 2.89. The van der Waals surface area contributed by atoms with Crippen molar-refractivity contribution in [2.24, 2.45) is 4.99 Å². The predicted molar refractivity (Wildman–Crippen MR) is 123 cm³/mol. The molecule has 0 amide bonds. The highest BCUT2D eigenvalue weighted by atomic mass is 127. The monoisotopic (exact) mass is 508 g/mol. The van der Waals surface area contributed by atoms with Crippen LogP contribution >= 0.6 is 24.0 Å². The van der Waals surface area contributed by atoms with Crippen LogP contribution in [0.15, 0.2) is 34.2 Å². The lowest BCUT2D eigenvalue weighted by atomic mass is 10.2. The lowest BCUT2D eigenvalue weighted by molar-refractivity contribution is 0.282. The molecule has 1 aliphatic rings. The lowest BCUT2D eigenvalue weighted by Crippen LogP contribution is -2.38. The van der Waals surface area contributed by atoms with Crippen molar-refractivity contribution in [1.29, 1.82) is 0 Å². The first-order chi connectivity index (χ1) is 12.5. The second-order valence-corrected chi connectivity index (χ2v) is 8.89. The molecule has 6 nitrogen and oxygen atoms in total. The fraction of sp³-hybridized carbons (Fsp3) is 0.632. The van der Waals surface area contributed by atoms with Gasteiger partial charge >= 0.3 is 0 Å². The second-order valence-electron chi connectivity index (χ2n) is 6.88. The van der Waals surface area contributed by atoms with Crippen molar-refractivity contribution in [3.63, 3.8) is 0 Å². The first kappa shape index (κ1) is 24.2. The maximum absolute atomic E-state index is 11.5. The van der Waals surface area contributed by atoms with E-state index in [0.717, 1.165) is 31.0 Å². The number of sulfone groups is 1. The summed E-state index contributed by atoms with van der Waals surface area (Å²) in [7, 11) is -1.38. The largest absolute Gasteiger partial charge is 0.356 e. The minimum Gasteiger partial charge on any atom is -0.356 e. The Labute approximate surface area is 181 Å². The van der Waals surface area contributed by atoms with Gasteiger partial charge in [-0.2, -0.15) is 0 Å². The fourth-order valence-electron chi connectivity index (χ4n) is 3.13. The summed E-state index contributed by atoms with van der Waals surface area (Å²) >= 11 is 0. The van der Waals surface area contributed by atoms with Crippen molar-refractivity contribution in [1.82, 2.24) is 15.5 Å². The van der Waals surface area contributed by atoms with E-state index in [1.54, 1.807) is 19.2 Å². The number of rotatable bonds is 7. The van der Waals surface area contributed by atoms with Gasteiger partial charge < -0.3 is 15.5 Å². The average molecular weight is 508 g/mol. The van der Waals surface area contributed by atoms with E-state index >= 15 is 0 Å². The molecule has 0 saturated carbocycles. The van der Waals surface area contributed by atoms with Gasteiger partial charge in [0.25, 0.3) is 0 Å². The van der Waals surface area contributed by atoms with Crippen molar-refractivity contribution in [2.45, 2.75) is 43.5 Å². The van der Waals surface area contributed by atoms with E-state index in [1.165, 1.54) is 45.0 Å². The van der Waals surface area contributed by atoms with E-state index < -0.39 is 9.84 Å². The van der Waals surface area contributed by atoms with Gasteiger partial charge in [0, 0.05) is 26.4 Å². The zero-order chi connectivity index (χ0) is 18.8. The lowest BCUT2D eigenvalue weighted by Gasteiger charge is -2.20. The highest BCUT2D eigenvalue weighted by Crippen LogP contribution is 2.10. The van der Waals surface area contributed by atoms with E-state index in [2.05, 4.69) is 20.5 Å². The number of nitrogens with zero attached hydrogens (tertiary/aromatic N) is 2. The van der Waals surface area contributed by atoms with Crippen LogP contribution in [0.2, 0.25) is 0 Å². The third-order valence-electron chi connectivity index (χ3n) is 4.68. The molecule has 0 atom stereocenters. The smallest absolute Gasteiger partial charge is 0.191 e. The SMILES string of the molecule is CN=C(NCCCN1CCCCCC1)NCc1ccc(S(C)(=O)=O)cc1.I. The molecule has 0 radical (unpaired) electrons.